The lowest BCUT2D eigenvalue weighted by atomic mass is 10.3. The van der Waals surface area contributed by atoms with E-state index in [1.54, 1.807) is 24.0 Å². The van der Waals surface area contributed by atoms with Crippen molar-refractivity contribution in [2.24, 2.45) is 0 Å². The number of aromatic nitrogens is 1. The van der Waals surface area contributed by atoms with E-state index < -0.39 is 0 Å². The molecule has 108 valence electrons. The molecule has 21 heavy (non-hydrogen) atoms. The number of carbonyl (C=O) groups is 1. The maximum atomic E-state index is 12.4. The molecule has 0 saturated heterocycles. The molecular formula is C15H15N3OS2. The quantitative estimate of drug-likeness (QED) is 0.882. The summed E-state index contributed by atoms with van der Waals surface area (Å²) in [5.41, 5.74) is 7.25. The third-order valence-corrected chi connectivity index (χ3v) is 5.10. The summed E-state index contributed by atoms with van der Waals surface area (Å²) in [5.74, 6) is 1.44. The number of nitrogen functional groups attached to an aromatic ring is 1. The predicted octanol–water partition coefficient (Wildman–Crippen LogP) is 2.89. The van der Waals surface area contributed by atoms with Crippen LogP contribution in [-0.4, -0.2) is 28.9 Å². The minimum absolute atomic E-state index is 0.117. The lowest BCUT2D eigenvalue weighted by Gasteiger charge is -2.28. The molecule has 1 amide bonds. The van der Waals surface area contributed by atoms with Crippen molar-refractivity contribution in [1.29, 1.82) is 0 Å². The summed E-state index contributed by atoms with van der Waals surface area (Å²) in [7, 11) is 0. The molecule has 0 aliphatic carbocycles. The zero-order chi connectivity index (χ0) is 14.7. The molecule has 2 heterocycles. The van der Waals surface area contributed by atoms with Crippen LogP contribution in [0.4, 0.5) is 11.4 Å². The van der Waals surface area contributed by atoms with Gasteiger partial charge in [-0.3, -0.25) is 4.79 Å². The van der Waals surface area contributed by atoms with E-state index in [-0.39, 0.29) is 5.91 Å². The van der Waals surface area contributed by atoms with Gasteiger partial charge < -0.3 is 10.6 Å². The van der Waals surface area contributed by atoms with E-state index in [1.165, 1.54) is 16.7 Å². The number of hydrogen-bond acceptors (Lipinski definition) is 5. The van der Waals surface area contributed by atoms with Gasteiger partial charge in [-0.25, -0.2) is 4.98 Å². The zero-order valence-electron chi connectivity index (χ0n) is 11.4. The highest BCUT2D eigenvalue weighted by Gasteiger charge is 2.22. The van der Waals surface area contributed by atoms with Crippen LogP contribution in [0.3, 0.4) is 0 Å². The van der Waals surface area contributed by atoms with Crippen LogP contribution < -0.4 is 10.6 Å². The number of fused-ring (bicyclic) bond motifs is 1. The SMILES string of the molecule is Nc1ccc(SCC(=O)N2CCSc3ccccc32)nc1. The summed E-state index contributed by atoms with van der Waals surface area (Å²) < 4.78 is 0. The van der Waals surface area contributed by atoms with Crippen LogP contribution in [0.2, 0.25) is 0 Å². The van der Waals surface area contributed by atoms with Crippen molar-refractivity contribution in [3.05, 3.63) is 42.6 Å². The second-order valence-electron chi connectivity index (χ2n) is 4.58. The van der Waals surface area contributed by atoms with Gasteiger partial charge >= 0.3 is 0 Å². The molecule has 1 aromatic heterocycles. The average molecular weight is 317 g/mol. The molecule has 1 aliphatic heterocycles. The number of pyridine rings is 1. The Labute approximate surface area is 132 Å². The van der Waals surface area contributed by atoms with Gasteiger partial charge in [0.05, 0.1) is 28.4 Å². The van der Waals surface area contributed by atoms with Gasteiger partial charge in [0.25, 0.3) is 0 Å². The largest absolute Gasteiger partial charge is 0.397 e. The number of rotatable bonds is 3. The third-order valence-electron chi connectivity index (χ3n) is 3.13. The average Bonchev–Trinajstić information content (AvgIpc) is 2.53. The number of carbonyl (C=O) groups excluding carboxylic acids is 1. The molecule has 6 heteroatoms. The summed E-state index contributed by atoms with van der Waals surface area (Å²) >= 11 is 3.24. The molecule has 2 aromatic rings. The second kappa shape index (κ2) is 6.41. The van der Waals surface area contributed by atoms with Crippen LogP contribution in [0.25, 0.3) is 0 Å². The maximum Gasteiger partial charge on any atom is 0.237 e. The fourth-order valence-corrected chi connectivity index (χ4v) is 3.83. The topological polar surface area (TPSA) is 59.2 Å². The van der Waals surface area contributed by atoms with Crippen LogP contribution in [0, 0.1) is 0 Å². The normalized spacial score (nSPS) is 13.8. The Kier molecular flexibility index (Phi) is 4.36. The van der Waals surface area contributed by atoms with E-state index in [9.17, 15) is 4.79 Å². The first kappa shape index (κ1) is 14.3. The van der Waals surface area contributed by atoms with E-state index in [0.717, 1.165) is 23.0 Å². The van der Waals surface area contributed by atoms with Gasteiger partial charge in [-0.05, 0) is 24.3 Å². The molecule has 4 nitrogen and oxygen atoms in total. The number of amides is 1. The molecule has 1 aliphatic rings. The minimum Gasteiger partial charge on any atom is -0.397 e. The van der Waals surface area contributed by atoms with Crippen molar-refractivity contribution in [2.45, 2.75) is 9.92 Å². The number of nitrogens with zero attached hydrogens (tertiary/aromatic N) is 2. The first-order valence-corrected chi connectivity index (χ1v) is 8.58. The van der Waals surface area contributed by atoms with Crippen molar-refractivity contribution in [2.75, 3.05) is 28.7 Å². The fourth-order valence-electron chi connectivity index (χ4n) is 2.12. The lowest BCUT2D eigenvalue weighted by molar-refractivity contribution is -0.116. The van der Waals surface area contributed by atoms with Gasteiger partial charge in [0.2, 0.25) is 5.91 Å². The van der Waals surface area contributed by atoms with Crippen LogP contribution in [0.5, 0.6) is 0 Å². The Hall–Kier alpha value is -1.66. The summed E-state index contributed by atoms with van der Waals surface area (Å²) in [6.45, 7) is 0.760. The molecule has 0 radical (unpaired) electrons. The molecule has 2 N–H and O–H groups in total. The Morgan fingerprint density at radius 2 is 2.19 bits per heavy atom. The molecule has 1 aromatic carbocycles. The number of benzene rings is 1. The van der Waals surface area contributed by atoms with Crippen LogP contribution in [0.15, 0.2) is 52.5 Å². The number of hydrogen-bond donors (Lipinski definition) is 1. The van der Waals surface area contributed by atoms with Crippen LogP contribution in [-0.2, 0) is 4.79 Å². The van der Waals surface area contributed by atoms with Crippen molar-refractivity contribution in [1.82, 2.24) is 4.98 Å². The van der Waals surface area contributed by atoms with Crippen LogP contribution >= 0.6 is 23.5 Å². The highest BCUT2D eigenvalue weighted by Crippen LogP contribution is 2.34. The summed E-state index contributed by atoms with van der Waals surface area (Å²) in [6, 6.07) is 11.7. The Morgan fingerprint density at radius 3 is 3.00 bits per heavy atom. The van der Waals surface area contributed by atoms with Crippen LogP contribution in [0.1, 0.15) is 0 Å². The summed E-state index contributed by atoms with van der Waals surface area (Å²) in [6.07, 6.45) is 1.61. The lowest BCUT2D eigenvalue weighted by Crippen LogP contribution is -2.36. The molecule has 0 atom stereocenters. The van der Waals surface area contributed by atoms with Gasteiger partial charge in [-0.2, -0.15) is 0 Å². The van der Waals surface area contributed by atoms with E-state index in [2.05, 4.69) is 11.1 Å². The van der Waals surface area contributed by atoms with E-state index in [1.807, 2.05) is 29.2 Å². The highest BCUT2D eigenvalue weighted by molar-refractivity contribution is 8.00. The summed E-state index contributed by atoms with van der Waals surface area (Å²) in [5, 5.41) is 0.817. The smallest absolute Gasteiger partial charge is 0.237 e. The number of thioether (sulfide) groups is 2. The molecular weight excluding hydrogens is 302 g/mol. The molecule has 0 unspecified atom stereocenters. The number of nitrogens with two attached hydrogens (primary N) is 1. The summed E-state index contributed by atoms with van der Waals surface area (Å²) in [4.78, 5) is 19.7. The Balaban J connectivity index is 1.68. The van der Waals surface area contributed by atoms with Crippen molar-refractivity contribution >= 4 is 40.8 Å². The fraction of sp³-hybridized carbons (Fsp3) is 0.200. The standard InChI is InChI=1S/C15H15N3OS2/c16-11-5-6-14(17-9-11)21-10-15(19)18-7-8-20-13-4-2-1-3-12(13)18/h1-6,9H,7-8,10,16H2. The Morgan fingerprint density at radius 1 is 1.33 bits per heavy atom. The Bertz CT molecular complexity index is 646. The van der Waals surface area contributed by atoms with E-state index >= 15 is 0 Å². The predicted molar refractivity (Wildman–Crippen MR) is 88.9 cm³/mol. The van der Waals surface area contributed by atoms with Crippen molar-refractivity contribution in [3.8, 4) is 0 Å². The monoisotopic (exact) mass is 317 g/mol. The van der Waals surface area contributed by atoms with E-state index in [4.69, 9.17) is 5.73 Å². The van der Waals surface area contributed by atoms with Crippen molar-refractivity contribution in [3.63, 3.8) is 0 Å². The van der Waals surface area contributed by atoms with E-state index in [0.29, 0.717) is 11.4 Å². The molecule has 0 saturated carbocycles. The number of para-hydroxylation sites is 1. The molecule has 0 spiro atoms. The van der Waals surface area contributed by atoms with Crippen molar-refractivity contribution < 1.29 is 4.79 Å². The third kappa shape index (κ3) is 3.33. The number of anilines is 2. The second-order valence-corrected chi connectivity index (χ2v) is 6.71. The van der Waals surface area contributed by atoms with Gasteiger partial charge in [-0.15, -0.1) is 11.8 Å². The molecule has 0 fully saturated rings. The maximum absolute atomic E-state index is 12.4. The highest BCUT2D eigenvalue weighted by atomic mass is 32.2. The zero-order valence-corrected chi connectivity index (χ0v) is 13.0. The first-order chi connectivity index (χ1) is 10.2. The first-order valence-electron chi connectivity index (χ1n) is 6.60. The minimum atomic E-state index is 0.117. The van der Waals surface area contributed by atoms with Gasteiger partial charge in [0, 0.05) is 17.2 Å². The van der Waals surface area contributed by atoms with Gasteiger partial charge in [0.15, 0.2) is 0 Å². The molecule has 0 bridgehead atoms. The van der Waals surface area contributed by atoms with Gasteiger partial charge in [0.1, 0.15) is 0 Å². The van der Waals surface area contributed by atoms with Gasteiger partial charge in [-0.1, -0.05) is 23.9 Å². The molecule has 3 rings (SSSR count).